The van der Waals surface area contributed by atoms with Gasteiger partial charge in [0.25, 0.3) is 0 Å². The summed E-state index contributed by atoms with van der Waals surface area (Å²) in [6.45, 7) is 3.66. The van der Waals surface area contributed by atoms with Crippen molar-refractivity contribution < 1.29 is 13.7 Å². The van der Waals surface area contributed by atoms with Gasteiger partial charge in [-0.15, -0.1) is 0 Å². The van der Waals surface area contributed by atoms with E-state index in [0.717, 1.165) is 0 Å². The summed E-state index contributed by atoms with van der Waals surface area (Å²) in [5.74, 6) is -0.0952. The highest BCUT2D eigenvalue weighted by molar-refractivity contribution is 5.96. The first-order valence-corrected chi connectivity index (χ1v) is 10.0. The summed E-state index contributed by atoms with van der Waals surface area (Å²) in [4.78, 5) is 21.1. The Kier molecular flexibility index (Phi) is 5.78. The molecule has 1 unspecified atom stereocenters. The predicted octanol–water partition coefficient (Wildman–Crippen LogP) is 3.25. The first-order valence-electron chi connectivity index (χ1n) is 10.0. The van der Waals surface area contributed by atoms with Gasteiger partial charge >= 0.3 is 0 Å². The third-order valence-electron chi connectivity index (χ3n) is 5.14. The van der Waals surface area contributed by atoms with Crippen molar-refractivity contribution >= 4 is 11.7 Å². The summed E-state index contributed by atoms with van der Waals surface area (Å²) in [6, 6.07) is 11.5. The molecule has 164 valence electrons. The number of nitrogens with two attached hydrogens (primary N) is 1. The van der Waals surface area contributed by atoms with Crippen molar-refractivity contribution in [2.24, 2.45) is 5.73 Å². The number of benzene rings is 1. The number of carbonyl (C=O) groups is 1. The van der Waals surface area contributed by atoms with Crippen LogP contribution >= 0.6 is 0 Å². The molecule has 4 aromatic rings. The van der Waals surface area contributed by atoms with Crippen LogP contribution in [-0.2, 0) is 11.3 Å². The molecule has 3 aromatic heterocycles. The van der Waals surface area contributed by atoms with E-state index < -0.39 is 5.54 Å². The number of nitrogens with zero attached hydrogens (tertiary/aromatic N) is 5. The fourth-order valence-electron chi connectivity index (χ4n) is 2.96. The third kappa shape index (κ3) is 4.40. The van der Waals surface area contributed by atoms with E-state index in [9.17, 15) is 9.18 Å². The lowest BCUT2D eigenvalue weighted by Crippen LogP contribution is -2.47. The fourth-order valence-corrected chi connectivity index (χ4v) is 2.96. The summed E-state index contributed by atoms with van der Waals surface area (Å²) in [6.07, 6.45) is 3.43. The zero-order chi connectivity index (χ0) is 22.7. The number of halogens is 1. The van der Waals surface area contributed by atoms with Gasteiger partial charge in [0.15, 0.2) is 5.82 Å². The topological polar surface area (TPSA) is 125 Å². The minimum Gasteiger partial charge on any atom is -0.364 e. The van der Waals surface area contributed by atoms with Crippen molar-refractivity contribution in [2.75, 3.05) is 5.32 Å². The van der Waals surface area contributed by atoms with E-state index in [0.29, 0.717) is 34.9 Å². The summed E-state index contributed by atoms with van der Waals surface area (Å²) in [5, 5.41) is 11.2. The standard InChI is InChI=1S/C22H22FN7O2/c1-3-22(2,24)21(31)27-19-8-10-25-20(26-19)17-12-18(16-9-11-32-29-16)30(28-17)13-14-6-4-5-7-15(14)23/h4-12H,3,13,24H2,1-2H3,(H,25,26,27,31). The number of aromatic nitrogens is 5. The summed E-state index contributed by atoms with van der Waals surface area (Å²) < 4.78 is 20.8. The molecule has 0 spiro atoms. The lowest BCUT2D eigenvalue weighted by molar-refractivity contribution is -0.120. The number of amides is 1. The molecular weight excluding hydrogens is 413 g/mol. The maximum Gasteiger partial charge on any atom is 0.245 e. The molecule has 9 nitrogen and oxygen atoms in total. The van der Waals surface area contributed by atoms with E-state index >= 15 is 0 Å². The lowest BCUT2D eigenvalue weighted by Gasteiger charge is -2.21. The van der Waals surface area contributed by atoms with Crippen molar-refractivity contribution in [3.8, 4) is 22.9 Å². The van der Waals surface area contributed by atoms with Gasteiger partial charge in [-0.25, -0.2) is 14.4 Å². The lowest BCUT2D eigenvalue weighted by atomic mass is 10.00. The smallest absolute Gasteiger partial charge is 0.245 e. The zero-order valence-electron chi connectivity index (χ0n) is 17.6. The molecule has 0 bridgehead atoms. The van der Waals surface area contributed by atoms with E-state index in [4.69, 9.17) is 10.3 Å². The summed E-state index contributed by atoms with van der Waals surface area (Å²) >= 11 is 0. The van der Waals surface area contributed by atoms with Gasteiger partial charge in [-0.1, -0.05) is 30.3 Å². The number of carbonyl (C=O) groups excluding carboxylic acids is 1. The molecule has 0 radical (unpaired) electrons. The van der Waals surface area contributed by atoms with Gasteiger partial charge in [-0.2, -0.15) is 5.10 Å². The number of rotatable bonds is 7. The van der Waals surface area contributed by atoms with E-state index in [1.54, 1.807) is 48.0 Å². The molecule has 1 aromatic carbocycles. The Morgan fingerprint density at radius 3 is 2.78 bits per heavy atom. The van der Waals surface area contributed by atoms with Gasteiger partial charge in [0.2, 0.25) is 5.91 Å². The number of anilines is 1. The van der Waals surface area contributed by atoms with Crippen LogP contribution in [0.25, 0.3) is 22.9 Å². The largest absolute Gasteiger partial charge is 0.364 e. The molecule has 1 amide bonds. The number of nitrogens with one attached hydrogen (secondary N) is 1. The fraction of sp³-hybridized carbons (Fsp3) is 0.227. The molecule has 0 saturated heterocycles. The quantitative estimate of drug-likeness (QED) is 0.456. The Balaban J connectivity index is 1.69. The molecule has 0 fully saturated rings. The van der Waals surface area contributed by atoms with Crippen LogP contribution < -0.4 is 11.1 Å². The molecule has 0 aliphatic rings. The van der Waals surface area contributed by atoms with Crippen LogP contribution in [0.5, 0.6) is 0 Å². The molecule has 3 heterocycles. The van der Waals surface area contributed by atoms with E-state index in [-0.39, 0.29) is 24.1 Å². The minimum atomic E-state index is -1.02. The van der Waals surface area contributed by atoms with E-state index in [2.05, 4.69) is 25.5 Å². The SMILES string of the molecule is CCC(C)(N)C(=O)Nc1ccnc(-c2cc(-c3ccon3)n(Cc3ccccc3F)n2)n1. The monoisotopic (exact) mass is 435 g/mol. The predicted molar refractivity (Wildman–Crippen MR) is 116 cm³/mol. The maximum atomic E-state index is 14.2. The zero-order valence-corrected chi connectivity index (χ0v) is 17.6. The van der Waals surface area contributed by atoms with Crippen LogP contribution in [0.4, 0.5) is 10.2 Å². The molecule has 0 aliphatic heterocycles. The third-order valence-corrected chi connectivity index (χ3v) is 5.14. The second-order valence-corrected chi connectivity index (χ2v) is 7.54. The Labute approximate surface area is 183 Å². The molecule has 3 N–H and O–H groups in total. The normalized spacial score (nSPS) is 13.0. The van der Waals surface area contributed by atoms with Crippen molar-refractivity contribution in [1.82, 2.24) is 24.9 Å². The maximum absolute atomic E-state index is 14.2. The van der Waals surface area contributed by atoms with Gasteiger partial charge in [-0.3, -0.25) is 9.48 Å². The molecular formula is C22H22FN7O2. The Morgan fingerprint density at radius 1 is 1.25 bits per heavy atom. The van der Waals surface area contributed by atoms with Crippen molar-refractivity contribution in [1.29, 1.82) is 0 Å². The van der Waals surface area contributed by atoms with Gasteiger partial charge < -0.3 is 15.6 Å². The highest BCUT2D eigenvalue weighted by Crippen LogP contribution is 2.25. The minimum absolute atomic E-state index is 0.174. The van der Waals surface area contributed by atoms with Gasteiger partial charge in [0.1, 0.15) is 29.3 Å². The van der Waals surface area contributed by atoms with Crippen molar-refractivity contribution in [3.05, 3.63) is 66.3 Å². The van der Waals surface area contributed by atoms with Gasteiger partial charge in [0, 0.05) is 17.8 Å². The summed E-state index contributed by atoms with van der Waals surface area (Å²) in [5.41, 5.74) is 7.02. The molecule has 0 aliphatic carbocycles. The van der Waals surface area contributed by atoms with Crippen molar-refractivity contribution in [3.63, 3.8) is 0 Å². The number of hydrogen-bond acceptors (Lipinski definition) is 7. The Bertz CT molecular complexity index is 1230. The van der Waals surface area contributed by atoms with Crippen LogP contribution in [0.15, 0.2) is 59.4 Å². The van der Waals surface area contributed by atoms with E-state index in [1.165, 1.54) is 18.5 Å². The highest BCUT2D eigenvalue weighted by atomic mass is 19.1. The molecule has 32 heavy (non-hydrogen) atoms. The second-order valence-electron chi connectivity index (χ2n) is 7.54. The van der Waals surface area contributed by atoms with Crippen LogP contribution in [-0.4, -0.2) is 36.4 Å². The van der Waals surface area contributed by atoms with Crippen LogP contribution in [0.1, 0.15) is 25.8 Å². The Morgan fingerprint density at radius 2 is 2.06 bits per heavy atom. The van der Waals surface area contributed by atoms with Crippen molar-refractivity contribution in [2.45, 2.75) is 32.4 Å². The van der Waals surface area contributed by atoms with Gasteiger partial charge in [-0.05, 0) is 31.5 Å². The van der Waals surface area contributed by atoms with Crippen LogP contribution in [0.3, 0.4) is 0 Å². The number of hydrogen-bond donors (Lipinski definition) is 2. The van der Waals surface area contributed by atoms with Gasteiger partial charge in [0.05, 0.1) is 17.8 Å². The highest BCUT2D eigenvalue weighted by Gasteiger charge is 2.26. The average Bonchev–Trinajstić information content (AvgIpc) is 3.45. The van der Waals surface area contributed by atoms with Crippen LogP contribution in [0, 0.1) is 5.82 Å². The summed E-state index contributed by atoms with van der Waals surface area (Å²) in [7, 11) is 0. The molecule has 0 saturated carbocycles. The molecule has 4 rings (SSSR count). The molecule has 10 heteroatoms. The first-order chi connectivity index (χ1) is 15.4. The Hall–Kier alpha value is -3.92. The van der Waals surface area contributed by atoms with Crippen LogP contribution in [0.2, 0.25) is 0 Å². The van der Waals surface area contributed by atoms with E-state index in [1.807, 2.05) is 6.92 Å². The second kappa shape index (κ2) is 8.67. The molecule has 1 atom stereocenters. The first kappa shape index (κ1) is 21.3. The average molecular weight is 435 g/mol.